The first kappa shape index (κ1) is 16.8. The van der Waals surface area contributed by atoms with Crippen LogP contribution in [0.3, 0.4) is 0 Å². The topological polar surface area (TPSA) is 40.5 Å². The van der Waals surface area contributed by atoms with Gasteiger partial charge >= 0.3 is 5.97 Å². The van der Waals surface area contributed by atoms with Crippen LogP contribution in [0.4, 0.5) is 0 Å². The molecule has 1 N–H and O–H groups in total. The Bertz CT molecular complexity index is 901. The highest BCUT2D eigenvalue weighted by Gasteiger charge is 2.31. The van der Waals surface area contributed by atoms with Crippen LogP contribution in [0.1, 0.15) is 30.0 Å². The van der Waals surface area contributed by atoms with E-state index in [-0.39, 0.29) is 12.0 Å². The number of nitrogens with zero attached hydrogens (tertiary/aromatic N) is 1. The van der Waals surface area contributed by atoms with Crippen molar-refractivity contribution >= 4 is 16.7 Å². The van der Waals surface area contributed by atoms with Crippen molar-refractivity contribution in [2.45, 2.75) is 18.9 Å². The summed E-state index contributed by atoms with van der Waals surface area (Å²) in [6.07, 6.45) is 1.69. The number of aliphatic carboxylic acids is 1. The normalized spacial score (nSPS) is 19.3. The van der Waals surface area contributed by atoms with E-state index < -0.39 is 5.97 Å². The van der Waals surface area contributed by atoms with E-state index in [1.807, 2.05) is 6.07 Å². The lowest BCUT2D eigenvalue weighted by molar-refractivity contribution is -0.143. The lowest BCUT2D eigenvalue weighted by atomic mass is 9.89. The second kappa shape index (κ2) is 7.30. The second-order valence-electron chi connectivity index (χ2n) is 7.05. The van der Waals surface area contributed by atoms with E-state index in [2.05, 4.69) is 71.6 Å². The lowest BCUT2D eigenvalue weighted by Gasteiger charge is -2.38. The predicted octanol–water partition coefficient (Wildman–Crippen LogP) is 4.73. The Labute approximate surface area is 153 Å². The van der Waals surface area contributed by atoms with Crippen LogP contribution in [-0.2, 0) is 4.79 Å². The molecule has 0 bridgehead atoms. The smallest absolute Gasteiger partial charge is 0.307 e. The number of hydrogen-bond donors (Lipinski definition) is 1. The van der Waals surface area contributed by atoms with Gasteiger partial charge in [-0.2, -0.15) is 0 Å². The molecule has 0 radical (unpaired) electrons. The van der Waals surface area contributed by atoms with E-state index in [0.717, 1.165) is 19.4 Å². The van der Waals surface area contributed by atoms with Gasteiger partial charge in [0.15, 0.2) is 0 Å². The first-order valence-electron chi connectivity index (χ1n) is 9.23. The summed E-state index contributed by atoms with van der Waals surface area (Å²) in [5.41, 5.74) is 2.47. The minimum Gasteiger partial charge on any atom is -0.481 e. The Kier molecular flexibility index (Phi) is 4.72. The van der Waals surface area contributed by atoms with Gasteiger partial charge in [-0.15, -0.1) is 0 Å². The number of fused-ring (bicyclic) bond motifs is 1. The molecule has 0 saturated carbocycles. The molecule has 2 unspecified atom stereocenters. The summed E-state index contributed by atoms with van der Waals surface area (Å²) in [4.78, 5) is 13.9. The third kappa shape index (κ3) is 3.23. The van der Waals surface area contributed by atoms with Gasteiger partial charge in [-0.25, -0.2) is 0 Å². The monoisotopic (exact) mass is 345 g/mol. The van der Waals surface area contributed by atoms with Crippen molar-refractivity contribution in [1.29, 1.82) is 0 Å². The summed E-state index contributed by atoms with van der Waals surface area (Å²) in [5, 5.41) is 12.0. The first-order chi connectivity index (χ1) is 12.7. The van der Waals surface area contributed by atoms with Crippen LogP contribution in [0.25, 0.3) is 10.8 Å². The summed E-state index contributed by atoms with van der Waals surface area (Å²) in [6, 6.07) is 25.4. The molecular formula is C23H23NO2. The SMILES string of the molecule is O=C(O)C1CCCN(C(c2ccccc2)c2cccc3ccccc23)C1. The lowest BCUT2D eigenvalue weighted by Crippen LogP contribution is -2.41. The Morgan fingerprint density at radius 1 is 0.962 bits per heavy atom. The van der Waals surface area contributed by atoms with Crippen molar-refractivity contribution in [2.24, 2.45) is 5.92 Å². The summed E-state index contributed by atoms with van der Waals surface area (Å²) in [5.74, 6) is -0.968. The van der Waals surface area contributed by atoms with Gasteiger partial charge in [0.05, 0.1) is 12.0 Å². The molecule has 3 aromatic rings. The zero-order chi connectivity index (χ0) is 17.9. The molecule has 3 heteroatoms. The first-order valence-corrected chi connectivity index (χ1v) is 9.23. The third-order valence-corrected chi connectivity index (χ3v) is 5.40. The fraction of sp³-hybridized carbons (Fsp3) is 0.261. The van der Waals surface area contributed by atoms with Crippen molar-refractivity contribution in [3.63, 3.8) is 0 Å². The number of hydrogen-bond acceptors (Lipinski definition) is 2. The van der Waals surface area contributed by atoms with Gasteiger partial charge in [0.2, 0.25) is 0 Å². The van der Waals surface area contributed by atoms with Gasteiger partial charge < -0.3 is 5.11 Å². The Morgan fingerprint density at radius 2 is 1.69 bits per heavy atom. The number of carbonyl (C=O) groups is 1. The van der Waals surface area contributed by atoms with E-state index in [9.17, 15) is 9.90 Å². The molecule has 4 rings (SSSR count). The highest BCUT2D eigenvalue weighted by molar-refractivity contribution is 5.86. The number of carboxylic acids is 1. The summed E-state index contributed by atoms with van der Waals surface area (Å²) in [7, 11) is 0. The minimum absolute atomic E-state index is 0.0736. The molecule has 1 heterocycles. The van der Waals surface area contributed by atoms with Gasteiger partial charge in [-0.05, 0) is 41.3 Å². The maximum atomic E-state index is 11.6. The van der Waals surface area contributed by atoms with Gasteiger partial charge in [0, 0.05) is 6.54 Å². The number of carboxylic acid groups (broad SMARTS) is 1. The van der Waals surface area contributed by atoms with Gasteiger partial charge in [0.25, 0.3) is 0 Å². The molecule has 3 aromatic carbocycles. The average molecular weight is 345 g/mol. The molecule has 1 saturated heterocycles. The minimum atomic E-state index is -0.681. The fourth-order valence-corrected chi connectivity index (χ4v) is 4.15. The zero-order valence-corrected chi connectivity index (χ0v) is 14.7. The summed E-state index contributed by atoms with van der Waals surface area (Å²) in [6.45, 7) is 1.52. The number of likely N-dealkylation sites (tertiary alicyclic amines) is 1. The van der Waals surface area contributed by atoms with E-state index in [1.54, 1.807) is 0 Å². The van der Waals surface area contributed by atoms with E-state index in [4.69, 9.17) is 0 Å². The standard InChI is InChI=1S/C23H23NO2/c25-23(26)19-12-7-15-24(16-19)22(18-9-2-1-3-10-18)21-14-6-11-17-8-4-5-13-20(17)21/h1-6,8-11,13-14,19,22H,7,12,15-16H2,(H,25,26). The highest BCUT2D eigenvalue weighted by Crippen LogP contribution is 2.36. The van der Waals surface area contributed by atoms with Crippen LogP contribution in [0.5, 0.6) is 0 Å². The largest absolute Gasteiger partial charge is 0.481 e. The molecule has 1 aliphatic heterocycles. The van der Waals surface area contributed by atoms with Gasteiger partial charge in [-0.3, -0.25) is 9.69 Å². The van der Waals surface area contributed by atoms with Crippen LogP contribution < -0.4 is 0 Å². The van der Waals surface area contributed by atoms with E-state index in [1.165, 1.54) is 21.9 Å². The molecule has 0 spiro atoms. The number of benzene rings is 3. The van der Waals surface area contributed by atoms with Gasteiger partial charge in [0.1, 0.15) is 0 Å². The van der Waals surface area contributed by atoms with Crippen LogP contribution >= 0.6 is 0 Å². The molecule has 1 aliphatic rings. The average Bonchev–Trinajstić information content (AvgIpc) is 2.69. The van der Waals surface area contributed by atoms with Gasteiger partial charge in [-0.1, -0.05) is 72.8 Å². The quantitative estimate of drug-likeness (QED) is 0.743. The molecule has 132 valence electrons. The molecule has 0 aromatic heterocycles. The van der Waals surface area contributed by atoms with Crippen molar-refractivity contribution in [2.75, 3.05) is 13.1 Å². The molecule has 1 fully saturated rings. The van der Waals surface area contributed by atoms with Crippen LogP contribution in [0.2, 0.25) is 0 Å². The molecule has 2 atom stereocenters. The molecule has 0 aliphatic carbocycles. The Balaban J connectivity index is 1.82. The molecule has 26 heavy (non-hydrogen) atoms. The second-order valence-corrected chi connectivity index (χ2v) is 7.05. The maximum absolute atomic E-state index is 11.6. The van der Waals surface area contributed by atoms with Crippen LogP contribution in [-0.4, -0.2) is 29.1 Å². The zero-order valence-electron chi connectivity index (χ0n) is 14.7. The Hall–Kier alpha value is -2.65. The number of rotatable bonds is 4. The molecule has 3 nitrogen and oxygen atoms in total. The molecule has 0 amide bonds. The fourth-order valence-electron chi connectivity index (χ4n) is 4.15. The van der Waals surface area contributed by atoms with Crippen molar-refractivity contribution in [1.82, 2.24) is 4.90 Å². The predicted molar refractivity (Wildman–Crippen MR) is 104 cm³/mol. The van der Waals surface area contributed by atoms with E-state index in [0.29, 0.717) is 6.54 Å². The van der Waals surface area contributed by atoms with Crippen molar-refractivity contribution in [3.05, 3.63) is 83.9 Å². The van der Waals surface area contributed by atoms with Crippen LogP contribution in [0, 0.1) is 5.92 Å². The molecular weight excluding hydrogens is 322 g/mol. The van der Waals surface area contributed by atoms with Crippen molar-refractivity contribution < 1.29 is 9.90 Å². The Morgan fingerprint density at radius 3 is 2.50 bits per heavy atom. The summed E-state index contributed by atoms with van der Waals surface area (Å²) >= 11 is 0. The van der Waals surface area contributed by atoms with Crippen molar-refractivity contribution in [3.8, 4) is 0 Å². The summed E-state index contributed by atoms with van der Waals surface area (Å²) < 4.78 is 0. The number of piperidine rings is 1. The van der Waals surface area contributed by atoms with E-state index >= 15 is 0 Å². The third-order valence-electron chi connectivity index (χ3n) is 5.40. The maximum Gasteiger partial charge on any atom is 0.307 e. The van der Waals surface area contributed by atoms with Crippen LogP contribution in [0.15, 0.2) is 72.8 Å². The highest BCUT2D eigenvalue weighted by atomic mass is 16.4.